The smallest absolute Gasteiger partial charge is 0.361 e. The van der Waals surface area contributed by atoms with Crippen LogP contribution in [-0.4, -0.2) is 33.1 Å². The molecule has 1 aliphatic heterocycles. The third kappa shape index (κ3) is 4.48. The van der Waals surface area contributed by atoms with E-state index in [1.807, 2.05) is 30.3 Å². The molecule has 0 radical (unpaired) electrons. The Morgan fingerprint density at radius 3 is 2.57 bits per heavy atom. The van der Waals surface area contributed by atoms with Gasteiger partial charge in [-0.3, -0.25) is 0 Å². The van der Waals surface area contributed by atoms with Gasteiger partial charge in [-0.25, -0.2) is 9.97 Å². The second kappa shape index (κ2) is 7.75. The highest BCUT2D eigenvalue weighted by Gasteiger charge is 2.36. The van der Waals surface area contributed by atoms with Crippen molar-refractivity contribution >= 4 is 5.95 Å². The Kier molecular flexibility index (Phi) is 5.27. The fraction of sp³-hybridized carbons (Fsp3) is 0.364. The van der Waals surface area contributed by atoms with E-state index in [0.29, 0.717) is 12.1 Å². The number of aromatic amines is 1. The molecule has 158 valence electrons. The first kappa shape index (κ1) is 20.4. The molecule has 0 unspecified atom stereocenters. The first-order valence-corrected chi connectivity index (χ1v) is 9.91. The van der Waals surface area contributed by atoms with Crippen molar-refractivity contribution in [3.05, 3.63) is 54.4 Å². The third-order valence-electron chi connectivity index (χ3n) is 5.41. The Morgan fingerprint density at radius 2 is 1.90 bits per heavy atom. The summed E-state index contributed by atoms with van der Waals surface area (Å²) in [5.41, 5.74) is 1.06. The van der Waals surface area contributed by atoms with Gasteiger partial charge in [-0.2, -0.15) is 13.2 Å². The maximum absolute atomic E-state index is 13.6. The standard InChI is InChI=1S/C22H24F3N5/c1-21(2)9-8-16(12-28-21)29-20-27-13-17(22(23,24)25)19(30-20)15-10-18(26-11-15)14-6-4-3-5-7-14/h3-7,10-11,13,16,26,28H,8-9,12H2,1-2H3,(H,27,29,30)/t16-/m0/s1. The van der Waals surface area contributed by atoms with Crippen LogP contribution in [0.15, 0.2) is 48.8 Å². The molecule has 0 bridgehead atoms. The summed E-state index contributed by atoms with van der Waals surface area (Å²) in [6.45, 7) is 4.97. The summed E-state index contributed by atoms with van der Waals surface area (Å²) in [6, 6.07) is 11.2. The lowest BCUT2D eigenvalue weighted by molar-refractivity contribution is -0.137. The Labute approximate surface area is 173 Å². The molecule has 5 nitrogen and oxygen atoms in total. The maximum atomic E-state index is 13.6. The van der Waals surface area contributed by atoms with Crippen molar-refractivity contribution in [3.8, 4) is 22.5 Å². The number of hydrogen-bond acceptors (Lipinski definition) is 4. The van der Waals surface area contributed by atoms with Crippen molar-refractivity contribution < 1.29 is 13.2 Å². The zero-order chi connectivity index (χ0) is 21.4. The number of H-pyrrole nitrogens is 1. The quantitative estimate of drug-likeness (QED) is 0.555. The highest BCUT2D eigenvalue weighted by Crippen LogP contribution is 2.37. The minimum Gasteiger partial charge on any atom is -0.361 e. The average molecular weight is 415 g/mol. The molecule has 1 saturated heterocycles. The molecule has 1 atom stereocenters. The lowest BCUT2D eigenvalue weighted by Gasteiger charge is -2.36. The van der Waals surface area contributed by atoms with Crippen LogP contribution in [0.25, 0.3) is 22.5 Å². The van der Waals surface area contributed by atoms with Crippen LogP contribution in [0.5, 0.6) is 0 Å². The molecule has 1 aromatic carbocycles. The Bertz CT molecular complexity index is 1000. The lowest BCUT2D eigenvalue weighted by atomic mass is 9.91. The van der Waals surface area contributed by atoms with Gasteiger partial charge in [0.05, 0.1) is 5.69 Å². The molecular weight excluding hydrogens is 391 g/mol. The first-order chi connectivity index (χ1) is 14.2. The molecular formula is C22H24F3N5. The number of halogens is 3. The van der Waals surface area contributed by atoms with Crippen molar-refractivity contribution in [3.63, 3.8) is 0 Å². The highest BCUT2D eigenvalue weighted by atomic mass is 19.4. The molecule has 0 amide bonds. The summed E-state index contributed by atoms with van der Waals surface area (Å²) >= 11 is 0. The largest absolute Gasteiger partial charge is 0.419 e. The van der Waals surface area contributed by atoms with Crippen LogP contribution in [0.1, 0.15) is 32.3 Å². The van der Waals surface area contributed by atoms with Gasteiger partial charge >= 0.3 is 6.18 Å². The van der Waals surface area contributed by atoms with E-state index in [0.717, 1.165) is 30.3 Å². The summed E-state index contributed by atoms with van der Waals surface area (Å²) in [7, 11) is 0. The van der Waals surface area contributed by atoms with Gasteiger partial charge < -0.3 is 15.6 Å². The SMILES string of the molecule is CC1(C)CC[C@H](Nc2ncc(C(F)(F)F)c(-c3c[nH]c(-c4ccccc4)c3)n2)CN1. The van der Waals surface area contributed by atoms with Crippen molar-refractivity contribution in [2.45, 2.75) is 44.4 Å². The van der Waals surface area contributed by atoms with Crippen LogP contribution in [0.2, 0.25) is 0 Å². The van der Waals surface area contributed by atoms with Gasteiger partial charge in [-0.1, -0.05) is 30.3 Å². The van der Waals surface area contributed by atoms with Gasteiger partial charge in [-0.15, -0.1) is 0 Å². The number of nitrogens with zero attached hydrogens (tertiary/aromatic N) is 2. The van der Waals surface area contributed by atoms with Gasteiger partial charge in [0, 0.05) is 41.8 Å². The van der Waals surface area contributed by atoms with Crippen LogP contribution in [-0.2, 0) is 6.18 Å². The fourth-order valence-electron chi connectivity index (χ4n) is 3.63. The summed E-state index contributed by atoms with van der Waals surface area (Å²) < 4.78 is 40.9. The number of alkyl halides is 3. The molecule has 3 N–H and O–H groups in total. The number of aromatic nitrogens is 3. The minimum absolute atomic E-state index is 0.0588. The lowest BCUT2D eigenvalue weighted by Crippen LogP contribution is -2.50. The monoisotopic (exact) mass is 415 g/mol. The molecule has 3 aromatic rings. The number of hydrogen-bond donors (Lipinski definition) is 3. The van der Waals surface area contributed by atoms with Gasteiger partial charge in [0.25, 0.3) is 0 Å². The van der Waals surface area contributed by atoms with Crippen LogP contribution in [0.4, 0.5) is 19.1 Å². The zero-order valence-electron chi connectivity index (χ0n) is 16.8. The van der Waals surface area contributed by atoms with Crippen molar-refractivity contribution in [2.75, 3.05) is 11.9 Å². The molecule has 4 rings (SSSR count). The fourth-order valence-corrected chi connectivity index (χ4v) is 3.63. The van der Waals surface area contributed by atoms with E-state index in [1.165, 1.54) is 0 Å². The topological polar surface area (TPSA) is 65.6 Å². The summed E-state index contributed by atoms with van der Waals surface area (Å²) in [6.07, 6.45) is -0.290. The molecule has 1 aliphatic rings. The summed E-state index contributed by atoms with van der Waals surface area (Å²) in [5.74, 6) is 0.201. The predicted molar refractivity (Wildman–Crippen MR) is 111 cm³/mol. The number of rotatable bonds is 4. The van der Waals surface area contributed by atoms with E-state index in [9.17, 15) is 13.2 Å². The second-order valence-corrected chi connectivity index (χ2v) is 8.27. The molecule has 0 saturated carbocycles. The highest BCUT2D eigenvalue weighted by molar-refractivity contribution is 5.72. The Balaban J connectivity index is 1.64. The average Bonchev–Trinajstić information content (AvgIpc) is 3.20. The summed E-state index contributed by atoms with van der Waals surface area (Å²) in [4.78, 5) is 11.3. The summed E-state index contributed by atoms with van der Waals surface area (Å²) in [5, 5.41) is 6.61. The van der Waals surface area contributed by atoms with Crippen molar-refractivity contribution in [1.82, 2.24) is 20.3 Å². The molecule has 0 spiro atoms. The predicted octanol–water partition coefficient (Wildman–Crippen LogP) is 5.10. The molecule has 3 heterocycles. The number of anilines is 1. The number of piperidine rings is 1. The van der Waals surface area contributed by atoms with E-state index >= 15 is 0 Å². The van der Waals surface area contributed by atoms with Crippen LogP contribution in [0.3, 0.4) is 0 Å². The zero-order valence-corrected chi connectivity index (χ0v) is 16.8. The van der Waals surface area contributed by atoms with Gasteiger partial charge in [0.15, 0.2) is 0 Å². The molecule has 0 aliphatic carbocycles. The Morgan fingerprint density at radius 1 is 1.13 bits per heavy atom. The number of benzene rings is 1. The minimum atomic E-state index is -4.55. The van der Waals surface area contributed by atoms with Crippen molar-refractivity contribution in [2.24, 2.45) is 0 Å². The van der Waals surface area contributed by atoms with Crippen LogP contribution >= 0.6 is 0 Å². The van der Waals surface area contributed by atoms with E-state index in [2.05, 4.69) is 39.4 Å². The molecule has 1 fully saturated rings. The number of nitrogens with one attached hydrogen (secondary N) is 3. The van der Waals surface area contributed by atoms with E-state index < -0.39 is 11.7 Å². The molecule has 8 heteroatoms. The van der Waals surface area contributed by atoms with Crippen LogP contribution in [0, 0.1) is 0 Å². The molecule has 30 heavy (non-hydrogen) atoms. The van der Waals surface area contributed by atoms with E-state index in [-0.39, 0.29) is 23.2 Å². The van der Waals surface area contributed by atoms with Crippen molar-refractivity contribution in [1.29, 1.82) is 0 Å². The van der Waals surface area contributed by atoms with Gasteiger partial charge in [0.2, 0.25) is 5.95 Å². The van der Waals surface area contributed by atoms with Gasteiger partial charge in [-0.05, 0) is 38.3 Å². The normalized spacial score (nSPS) is 18.9. The Hall–Kier alpha value is -2.87. The maximum Gasteiger partial charge on any atom is 0.419 e. The molecule has 2 aromatic heterocycles. The van der Waals surface area contributed by atoms with Gasteiger partial charge in [0.1, 0.15) is 5.56 Å². The second-order valence-electron chi connectivity index (χ2n) is 8.27. The first-order valence-electron chi connectivity index (χ1n) is 9.91. The van der Waals surface area contributed by atoms with E-state index in [4.69, 9.17) is 0 Å². The van der Waals surface area contributed by atoms with Crippen LogP contribution < -0.4 is 10.6 Å². The van der Waals surface area contributed by atoms with E-state index in [1.54, 1.807) is 12.3 Å². The third-order valence-corrected chi connectivity index (χ3v) is 5.41.